The van der Waals surface area contributed by atoms with Gasteiger partial charge in [-0.15, -0.1) is 0 Å². The second-order valence-corrected chi connectivity index (χ2v) is 5.08. The average molecular weight is 265 g/mol. The lowest BCUT2D eigenvalue weighted by atomic mass is 9.93. The number of rotatable bonds is 6. The lowest BCUT2D eigenvalue weighted by molar-refractivity contribution is 0.0630. The van der Waals surface area contributed by atoms with Gasteiger partial charge in [0.05, 0.1) is 11.8 Å². The van der Waals surface area contributed by atoms with Crippen LogP contribution >= 0.6 is 0 Å². The molecule has 1 saturated heterocycles. The highest BCUT2D eigenvalue weighted by Crippen LogP contribution is 2.21. The van der Waals surface area contributed by atoms with E-state index in [4.69, 9.17) is 4.74 Å². The average Bonchev–Trinajstić information content (AvgIpc) is 2.45. The maximum atomic E-state index is 13.3. The molecule has 0 aliphatic carbocycles. The summed E-state index contributed by atoms with van der Waals surface area (Å²) in [6, 6.07) is 1.45. The minimum atomic E-state index is -0.517. The molecule has 0 saturated carbocycles. The summed E-state index contributed by atoms with van der Waals surface area (Å²) < 4.78 is 18.7. The summed E-state index contributed by atoms with van der Waals surface area (Å²) in [5, 5.41) is 0. The highest BCUT2D eigenvalue weighted by Gasteiger charge is 2.14. The molecule has 0 bridgehead atoms. The van der Waals surface area contributed by atoms with Gasteiger partial charge in [-0.2, -0.15) is 0 Å². The molecular formula is C15H20FNO2. The smallest absolute Gasteiger partial charge is 0.165 e. The molecule has 0 atom stereocenters. The van der Waals surface area contributed by atoms with E-state index in [2.05, 4.69) is 4.98 Å². The monoisotopic (exact) mass is 265 g/mol. The predicted molar refractivity (Wildman–Crippen MR) is 70.5 cm³/mol. The standard InChI is InChI=1S/C15H20FNO2/c16-14-11-17-8-5-13(14)15(18)4-2-1-3-12-6-9-19-10-7-12/h5,8,11-12H,1-4,6-7,9-10H2. The third kappa shape index (κ3) is 4.39. The van der Waals surface area contributed by atoms with E-state index in [-0.39, 0.29) is 11.3 Å². The molecule has 0 unspecified atom stereocenters. The minimum Gasteiger partial charge on any atom is -0.381 e. The first-order chi connectivity index (χ1) is 9.27. The molecule has 2 rings (SSSR count). The quantitative estimate of drug-likeness (QED) is 0.584. The van der Waals surface area contributed by atoms with Gasteiger partial charge >= 0.3 is 0 Å². The van der Waals surface area contributed by atoms with Gasteiger partial charge in [0.25, 0.3) is 0 Å². The molecular weight excluding hydrogens is 245 g/mol. The summed E-state index contributed by atoms with van der Waals surface area (Å²) in [5.74, 6) is 0.102. The Morgan fingerprint density at radius 2 is 2.16 bits per heavy atom. The first-order valence-electron chi connectivity index (χ1n) is 6.98. The van der Waals surface area contributed by atoms with Crippen molar-refractivity contribution in [2.75, 3.05) is 13.2 Å². The summed E-state index contributed by atoms with van der Waals surface area (Å²) in [5.41, 5.74) is 0.168. The summed E-state index contributed by atoms with van der Waals surface area (Å²) in [6.45, 7) is 1.73. The zero-order valence-corrected chi connectivity index (χ0v) is 11.1. The third-order valence-electron chi connectivity index (χ3n) is 3.68. The van der Waals surface area contributed by atoms with Gasteiger partial charge in [0.1, 0.15) is 0 Å². The van der Waals surface area contributed by atoms with Crippen LogP contribution in [0.15, 0.2) is 18.5 Å². The molecule has 4 heteroatoms. The molecule has 19 heavy (non-hydrogen) atoms. The highest BCUT2D eigenvalue weighted by atomic mass is 19.1. The maximum absolute atomic E-state index is 13.3. The number of carbonyl (C=O) groups excluding carboxylic acids is 1. The lowest BCUT2D eigenvalue weighted by Gasteiger charge is -2.21. The minimum absolute atomic E-state index is 0.119. The van der Waals surface area contributed by atoms with E-state index in [9.17, 15) is 9.18 Å². The predicted octanol–water partition coefficient (Wildman–Crippen LogP) is 3.39. The molecule has 0 amide bonds. The Morgan fingerprint density at radius 3 is 2.89 bits per heavy atom. The molecule has 1 aromatic rings. The Bertz CT molecular complexity index is 416. The summed E-state index contributed by atoms with van der Waals surface area (Å²) in [7, 11) is 0. The van der Waals surface area contributed by atoms with Crippen molar-refractivity contribution in [3.05, 3.63) is 29.8 Å². The number of Topliss-reactive ketones (excluding diaryl/α,β-unsaturated/α-hetero) is 1. The van der Waals surface area contributed by atoms with Crippen LogP contribution in [0.2, 0.25) is 0 Å². The van der Waals surface area contributed by atoms with Gasteiger partial charge in [0.2, 0.25) is 0 Å². The van der Waals surface area contributed by atoms with E-state index >= 15 is 0 Å². The number of hydrogen-bond acceptors (Lipinski definition) is 3. The topological polar surface area (TPSA) is 39.2 Å². The summed E-state index contributed by atoms with van der Waals surface area (Å²) in [4.78, 5) is 15.5. The van der Waals surface area contributed by atoms with Crippen molar-refractivity contribution >= 4 is 5.78 Å². The number of nitrogens with zero attached hydrogens (tertiary/aromatic N) is 1. The molecule has 1 fully saturated rings. The number of ether oxygens (including phenoxy) is 1. The van der Waals surface area contributed by atoms with Crippen LogP contribution in [0.25, 0.3) is 0 Å². The SMILES string of the molecule is O=C(CCCCC1CCOCC1)c1ccncc1F. The molecule has 0 N–H and O–H groups in total. The van der Waals surface area contributed by atoms with Gasteiger partial charge in [-0.25, -0.2) is 4.39 Å². The van der Waals surface area contributed by atoms with Crippen LogP contribution in [0.3, 0.4) is 0 Å². The highest BCUT2D eigenvalue weighted by molar-refractivity contribution is 5.96. The van der Waals surface area contributed by atoms with E-state index in [0.717, 1.165) is 57.4 Å². The molecule has 2 heterocycles. The van der Waals surface area contributed by atoms with Gasteiger partial charge < -0.3 is 4.74 Å². The molecule has 1 aromatic heterocycles. The second kappa shape index (κ2) is 7.34. The molecule has 1 aliphatic rings. The van der Waals surface area contributed by atoms with E-state index in [0.29, 0.717) is 6.42 Å². The van der Waals surface area contributed by atoms with Crippen LogP contribution in [0.4, 0.5) is 4.39 Å². The molecule has 104 valence electrons. The Kier molecular flexibility index (Phi) is 5.45. The summed E-state index contributed by atoms with van der Waals surface area (Å²) >= 11 is 0. The van der Waals surface area contributed by atoms with E-state index < -0.39 is 5.82 Å². The van der Waals surface area contributed by atoms with Crippen LogP contribution in [-0.2, 0) is 4.74 Å². The van der Waals surface area contributed by atoms with Crippen molar-refractivity contribution < 1.29 is 13.9 Å². The number of ketones is 1. The van der Waals surface area contributed by atoms with Crippen molar-refractivity contribution in [1.82, 2.24) is 4.98 Å². The number of halogens is 1. The molecule has 1 aliphatic heterocycles. The van der Waals surface area contributed by atoms with Gasteiger partial charge in [0.15, 0.2) is 11.6 Å². The van der Waals surface area contributed by atoms with Crippen LogP contribution in [0.1, 0.15) is 48.9 Å². The Balaban J connectivity index is 1.68. The van der Waals surface area contributed by atoms with Crippen molar-refractivity contribution in [2.24, 2.45) is 5.92 Å². The number of unbranched alkanes of at least 4 members (excludes halogenated alkanes) is 1. The van der Waals surface area contributed by atoms with Gasteiger partial charge in [-0.05, 0) is 31.2 Å². The van der Waals surface area contributed by atoms with E-state index in [1.54, 1.807) is 0 Å². The van der Waals surface area contributed by atoms with Crippen LogP contribution in [-0.4, -0.2) is 24.0 Å². The Labute approximate surface area is 113 Å². The molecule has 3 nitrogen and oxygen atoms in total. The number of aromatic nitrogens is 1. The normalized spacial score (nSPS) is 16.5. The van der Waals surface area contributed by atoms with Crippen molar-refractivity contribution in [3.8, 4) is 0 Å². The maximum Gasteiger partial charge on any atom is 0.165 e. The van der Waals surface area contributed by atoms with Crippen LogP contribution in [0.5, 0.6) is 0 Å². The first-order valence-corrected chi connectivity index (χ1v) is 6.98. The fraction of sp³-hybridized carbons (Fsp3) is 0.600. The van der Waals surface area contributed by atoms with Crippen molar-refractivity contribution in [3.63, 3.8) is 0 Å². The van der Waals surface area contributed by atoms with Gasteiger partial charge in [0, 0.05) is 25.8 Å². The zero-order valence-electron chi connectivity index (χ0n) is 11.1. The Hall–Kier alpha value is -1.29. The molecule has 0 aromatic carbocycles. The fourth-order valence-electron chi connectivity index (χ4n) is 2.49. The van der Waals surface area contributed by atoms with Crippen LogP contribution < -0.4 is 0 Å². The third-order valence-corrected chi connectivity index (χ3v) is 3.68. The lowest BCUT2D eigenvalue weighted by Crippen LogP contribution is -2.15. The second-order valence-electron chi connectivity index (χ2n) is 5.08. The van der Waals surface area contributed by atoms with Crippen LogP contribution in [0, 0.1) is 11.7 Å². The molecule has 0 radical (unpaired) electrons. The molecule has 0 spiro atoms. The fourth-order valence-corrected chi connectivity index (χ4v) is 2.49. The number of hydrogen-bond donors (Lipinski definition) is 0. The van der Waals surface area contributed by atoms with E-state index in [1.165, 1.54) is 12.3 Å². The van der Waals surface area contributed by atoms with E-state index in [1.807, 2.05) is 0 Å². The Morgan fingerprint density at radius 1 is 1.37 bits per heavy atom. The largest absolute Gasteiger partial charge is 0.381 e. The number of pyridine rings is 1. The van der Waals surface area contributed by atoms with Crippen molar-refractivity contribution in [1.29, 1.82) is 0 Å². The number of carbonyl (C=O) groups is 1. The van der Waals surface area contributed by atoms with Gasteiger partial charge in [-0.3, -0.25) is 9.78 Å². The summed E-state index contributed by atoms with van der Waals surface area (Å²) in [6.07, 6.45) is 8.24. The zero-order chi connectivity index (χ0) is 13.5. The van der Waals surface area contributed by atoms with Crippen molar-refractivity contribution in [2.45, 2.75) is 38.5 Å². The van der Waals surface area contributed by atoms with Gasteiger partial charge in [-0.1, -0.05) is 12.8 Å². The first kappa shape index (κ1) is 14.1.